The summed E-state index contributed by atoms with van der Waals surface area (Å²) in [6, 6.07) is 3.90. The Balaban J connectivity index is 2.35. The zero-order valence-electron chi connectivity index (χ0n) is 6.23. The van der Waals surface area contributed by atoms with Crippen LogP contribution in [0.15, 0.2) is 28.1 Å². The Labute approximate surface area is 73.3 Å². The van der Waals surface area contributed by atoms with E-state index in [1.54, 1.807) is 17.5 Å². The van der Waals surface area contributed by atoms with Gasteiger partial charge in [-0.25, -0.2) is 4.98 Å². The lowest BCUT2D eigenvalue weighted by Crippen LogP contribution is -1.78. The van der Waals surface area contributed by atoms with Gasteiger partial charge in [0.2, 0.25) is 5.89 Å². The van der Waals surface area contributed by atoms with Gasteiger partial charge in [0.05, 0.1) is 11.1 Å². The van der Waals surface area contributed by atoms with Gasteiger partial charge in [-0.2, -0.15) is 0 Å². The summed E-state index contributed by atoms with van der Waals surface area (Å²) in [5.74, 6) is 1.08. The SMILES string of the molecule is OCc1ncc(-c2cccs2)o1. The Hall–Kier alpha value is -1.13. The van der Waals surface area contributed by atoms with Crippen molar-refractivity contribution in [2.24, 2.45) is 0 Å². The molecule has 1 N–H and O–H groups in total. The van der Waals surface area contributed by atoms with Crippen LogP contribution in [0.4, 0.5) is 0 Å². The van der Waals surface area contributed by atoms with E-state index in [2.05, 4.69) is 4.98 Å². The van der Waals surface area contributed by atoms with E-state index in [0.717, 1.165) is 4.88 Å². The summed E-state index contributed by atoms with van der Waals surface area (Å²) in [6.45, 7) is -0.147. The second kappa shape index (κ2) is 3.08. The molecule has 0 atom stereocenters. The highest BCUT2D eigenvalue weighted by molar-refractivity contribution is 7.13. The lowest BCUT2D eigenvalue weighted by molar-refractivity contribution is 0.241. The standard InChI is InChI=1S/C8H7NO2S/c10-5-8-9-4-6(11-8)7-2-1-3-12-7/h1-4,10H,5H2. The highest BCUT2D eigenvalue weighted by atomic mass is 32.1. The topological polar surface area (TPSA) is 46.3 Å². The molecule has 0 bridgehead atoms. The largest absolute Gasteiger partial charge is 0.437 e. The Morgan fingerprint density at radius 1 is 1.58 bits per heavy atom. The Morgan fingerprint density at radius 3 is 3.08 bits per heavy atom. The Bertz CT molecular complexity index is 353. The predicted molar refractivity (Wildman–Crippen MR) is 45.7 cm³/mol. The molecule has 0 spiro atoms. The lowest BCUT2D eigenvalue weighted by Gasteiger charge is -1.86. The molecule has 2 aromatic rings. The van der Waals surface area contributed by atoms with Crippen molar-refractivity contribution < 1.29 is 9.52 Å². The second-order valence-corrected chi connectivity index (χ2v) is 3.20. The molecule has 0 unspecified atom stereocenters. The molecule has 0 saturated carbocycles. The normalized spacial score (nSPS) is 10.4. The molecule has 0 amide bonds. The predicted octanol–water partition coefficient (Wildman–Crippen LogP) is 1.90. The van der Waals surface area contributed by atoms with Crippen LogP contribution in [0.25, 0.3) is 10.6 Å². The zero-order valence-corrected chi connectivity index (χ0v) is 7.04. The number of rotatable bonds is 2. The van der Waals surface area contributed by atoms with Gasteiger partial charge in [-0.15, -0.1) is 11.3 Å². The molecular formula is C8H7NO2S. The van der Waals surface area contributed by atoms with Gasteiger partial charge in [0.25, 0.3) is 0 Å². The van der Waals surface area contributed by atoms with E-state index in [4.69, 9.17) is 9.52 Å². The minimum absolute atomic E-state index is 0.147. The van der Waals surface area contributed by atoms with Crippen molar-refractivity contribution in [1.82, 2.24) is 4.98 Å². The van der Waals surface area contributed by atoms with Crippen LogP contribution in [0.2, 0.25) is 0 Å². The summed E-state index contributed by atoms with van der Waals surface area (Å²) >= 11 is 1.58. The van der Waals surface area contributed by atoms with E-state index in [1.165, 1.54) is 0 Å². The maximum atomic E-state index is 8.70. The second-order valence-electron chi connectivity index (χ2n) is 2.25. The third-order valence-electron chi connectivity index (χ3n) is 1.45. The highest BCUT2D eigenvalue weighted by Gasteiger charge is 2.04. The molecular weight excluding hydrogens is 174 g/mol. The van der Waals surface area contributed by atoms with E-state index in [-0.39, 0.29) is 6.61 Å². The summed E-state index contributed by atoms with van der Waals surface area (Å²) in [6.07, 6.45) is 1.62. The molecule has 0 fully saturated rings. The number of aliphatic hydroxyl groups excluding tert-OH is 1. The summed E-state index contributed by atoms with van der Waals surface area (Å²) in [5.41, 5.74) is 0. The zero-order chi connectivity index (χ0) is 8.39. The van der Waals surface area contributed by atoms with E-state index >= 15 is 0 Å². The summed E-state index contributed by atoms with van der Waals surface area (Å²) < 4.78 is 5.23. The van der Waals surface area contributed by atoms with Crippen molar-refractivity contribution in [2.75, 3.05) is 0 Å². The fourth-order valence-corrected chi connectivity index (χ4v) is 1.59. The molecule has 3 nitrogen and oxygen atoms in total. The molecule has 0 aliphatic rings. The van der Waals surface area contributed by atoms with Crippen LogP contribution in [-0.4, -0.2) is 10.1 Å². The highest BCUT2D eigenvalue weighted by Crippen LogP contribution is 2.24. The van der Waals surface area contributed by atoms with Crippen LogP contribution < -0.4 is 0 Å². The minimum Gasteiger partial charge on any atom is -0.437 e. The summed E-state index contributed by atoms with van der Waals surface area (Å²) in [7, 11) is 0. The van der Waals surface area contributed by atoms with Crippen molar-refractivity contribution in [3.63, 3.8) is 0 Å². The molecule has 2 aromatic heterocycles. The molecule has 0 aliphatic heterocycles. The lowest BCUT2D eigenvalue weighted by atomic mass is 10.4. The maximum absolute atomic E-state index is 8.70. The van der Waals surface area contributed by atoms with Crippen LogP contribution in [0.1, 0.15) is 5.89 Å². The number of oxazole rings is 1. The van der Waals surface area contributed by atoms with Crippen LogP contribution in [0, 0.1) is 0 Å². The van der Waals surface area contributed by atoms with Crippen molar-refractivity contribution in [3.8, 4) is 10.6 Å². The first-order valence-electron chi connectivity index (χ1n) is 3.49. The Morgan fingerprint density at radius 2 is 2.50 bits per heavy atom. The number of nitrogens with zero attached hydrogens (tertiary/aromatic N) is 1. The van der Waals surface area contributed by atoms with Crippen LogP contribution in [0.3, 0.4) is 0 Å². The van der Waals surface area contributed by atoms with Crippen molar-refractivity contribution in [1.29, 1.82) is 0 Å². The van der Waals surface area contributed by atoms with E-state index in [9.17, 15) is 0 Å². The average molecular weight is 181 g/mol. The van der Waals surface area contributed by atoms with Crippen molar-refractivity contribution in [3.05, 3.63) is 29.6 Å². The smallest absolute Gasteiger partial charge is 0.220 e. The summed E-state index contributed by atoms with van der Waals surface area (Å²) in [5, 5.41) is 10.7. The Kier molecular flexibility index (Phi) is 1.93. The van der Waals surface area contributed by atoms with Gasteiger partial charge < -0.3 is 9.52 Å². The van der Waals surface area contributed by atoms with Gasteiger partial charge in [0, 0.05) is 0 Å². The van der Waals surface area contributed by atoms with Gasteiger partial charge in [0.15, 0.2) is 5.76 Å². The minimum atomic E-state index is -0.147. The van der Waals surface area contributed by atoms with Crippen molar-refractivity contribution in [2.45, 2.75) is 6.61 Å². The molecule has 2 rings (SSSR count). The van der Waals surface area contributed by atoms with E-state index in [0.29, 0.717) is 11.7 Å². The molecule has 62 valence electrons. The van der Waals surface area contributed by atoms with Gasteiger partial charge >= 0.3 is 0 Å². The molecule has 2 heterocycles. The average Bonchev–Trinajstić information content (AvgIpc) is 2.75. The van der Waals surface area contributed by atoms with Crippen LogP contribution in [-0.2, 0) is 6.61 Å². The monoisotopic (exact) mass is 181 g/mol. The molecule has 0 aliphatic carbocycles. The quantitative estimate of drug-likeness (QED) is 0.769. The first kappa shape index (κ1) is 7.52. The van der Waals surface area contributed by atoms with Crippen molar-refractivity contribution >= 4 is 11.3 Å². The van der Waals surface area contributed by atoms with Gasteiger partial charge in [-0.05, 0) is 11.4 Å². The molecule has 0 aromatic carbocycles. The van der Waals surface area contributed by atoms with E-state index < -0.39 is 0 Å². The number of aromatic nitrogens is 1. The first-order chi connectivity index (χ1) is 5.90. The van der Waals surface area contributed by atoms with Gasteiger partial charge in [0.1, 0.15) is 6.61 Å². The maximum Gasteiger partial charge on any atom is 0.220 e. The third kappa shape index (κ3) is 1.26. The third-order valence-corrected chi connectivity index (χ3v) is 2.34. The van der Waals surface area contributed by atoms with Crippen LogP contribution >= 0.6 is 11.3 Å². The van der Waals surface area contributed by atoms with Gasteiger partial charge in [-0.1, -0.05) is 6.07 Å². The van der Waals surface area contributed by atoms with E-state index in [1.807, 2.05) is 17.5 Å². The molecule has 0 radical (unpaired) electrons. The molecule has 0 saturated heterocycles. The number of hydrogen-bond acceptors (Lipinski definition) is 4. The van der Waals surface area contributed by atoms with Crippen LogP contribution in [0.5, 0.6) is 0 Å². The van der Waals surface area contributed by atoms with Gasteiger partial charge in [-0.3, -0.25) is 0 Å². The number of hydrogen-bond donors (Lipinski definition) is 1. The number of aliphatic hydroxyl groups is 1. The molecule has 4 heteroatoms. The fourth-order valence-electron chi connectivity index (χ4n) is 0.916. The first-order valence-corrected chi connectivity index (χ1v) is 4.37. The molecule has 12 heavy (non-hydrogen) atoms. The fraction of sp³-hybridized carbons (Fsp3) is 0.125. The summed E-state index contributed by atoms with van der Waals surface area (Å²) in [4.78, 5) is 4.91. The number of thiophene rings is 1.